The highest BCUT2D eigenvalue weighted by molar-refractivity contribution is 5.62. The van der Waals surface area contributed by atoms with Crippen molar-refractivity contribution in [2.45, 2.75) is 44.1 Å². The molecule has 138 valence electrons. The molecule has 1 aromatic heterocycles. The van der Waals surface area contributed by atoms with Gasteiger partial charge in [-0.1, -0.05) is 67.8 Å². The van der Waals surface area contributed by atoms with E-state index in [2.05, 4.69) is 5.32 Å². The number of aliphatic hydroxyl groups is 1. The zero-order chi connectivity index (χ0) is 18.5. The first kappa shape index (κ1) is 17.7. The van der Waals surface area contributed by atoms with Gasteiger partial charge in [-0.05, 0) is 31.0 Å². The number of rotatable bonds is 5. The van der Waals surface area contributed by atoms with E-state index in [1.165, 1.54) is 6.42 Å². The van der Waals surface area contributed by atoms with Gasteiger partial charge in [0.15, 0.2) is 0 Å². The number of benzene rings is 2. The van der Waals surface area contributed by atoms with Crippen LogP contribution in [0.2, 0.25) is 0 Å². The van der Waals surface area contributed by atoms with Crippen molar-refractivity contribution in [1.29, 1.82) is 0 Å². The predicted molar refractivity (Wildman–Crippen MR) is 109 cm³/mol. The number of anilines is 2. The Labute approximate surface area is 160 Å². The van der Waals surface area contributed by atoms with Crippen LogP contribution in [0.25, 0.3) is 11.3 Å². The van der Waals surface area contributed by atoms with Crippen LogP contribution in [0, 0.1) is 0 Å². The molecule has 0 spiro atoms. The summed E-state index contributed by atoms with van der Waals surface area (Å²) in [6.07, 6.45) is 5.64. The fourth-order valence-corrected chi connectivity index (χ4v) is 3.78. The van der Waals surface area contributed by atoms with Crippen LogP contribution in [0.3, 0.4) is 0 Å². The molecule has 1 fully saturated rings. The van der Waals surface area contributed by atoms with E-state index in [1.54, 1.807) is 0 Å². The van der Waals surface area contributed by atoms with E-state index in [0.29, 0.717) is 12.4 Å². The molecule has 0 amide bonds. The first-order valence-electron chi connectivity index (χ1n) is 9.68. The maximum absolute atomic E-state index is 11.0. The molecule has 0 atom stereocenters. The van der Waals surface area contributed by atoms with E-state index in [9.17, 15) is 5.11 Å². The summed E-state index contributed by atoms with van der Waals surface area (Å²) in [6.45, 7) is 0. The lowest BCUT2D eigenvalue weighted by molar-refractivity contribution is 0.00369. The third kappa shape index (κ3) is 4.52. The molecule has 4 heteroatoms. The molecular formula is C23H25N3O. The van der Waals surface area contributed by atoms with Gasteiger partial charge < -0.3 is 10.4 Å². The second-order valence-electron chi connectivity index (χ2n) is 7.39. The van der Waals surface area contributed by atoms with E-state index in [0.717, 1.165) is 48.3 Å². The molecule has 2 N–H and O–H groups in total. The van der Waals surface area contributed by atoms with E-state index < -0.39 is 5.60 Å². The molecular weight excluding hydrogens is 334 g/mol. The van der Waals surface area contributed by atoms with Crippen LogP contribution in [0.1, 0.15) is 37.8 Å². The Hall–Kier alpha value is -2.72. The molecule has 27 heavy (non-hydrogen) atoms. The number of aromatic nitrogens is 2. The average molecular weight is 359 g/mol. The molecule has 0 saturated heterocycles. The van der Waals surface area contributed by atoms with Crippen molar-refractivity contribution in [3.63, 3.8) is 0 Å². The Morgan fingerprint density at radius 1 is 0.852 bits per heavy atom. The van der Waals surface area contributed by atoms with E-state index in [1.807, 2.05) is 66.7 Å². The molecule has 0 unspecified atom stereocenters. The third-order valence-corrected chi connectivity index (χ3v) is 5.17. The summed E-state index contributed by atoms with van der Waals surface area (Å²) < 4.78 is 0. The van der Waals surface area contributed by atoms with Gasteiger partial charge in [0.05, 0.1) is 11.3 Å². The van der Waals surface area contributed by atoms with Gasteiger partial charge in [-0.2, -0.15) is 0 Å². The number of nitrogens with one attached hydrogen (secondary N) is 1. The Morgan fingerprint density at radius 3 is 2.22 bits per heavy atom. The van der Waals surface area contributed by atoms with Crippen molar-refractivity contribution in [3.8, 4) is 11.3 Å². The molecule has 1 heterocycles. The minimum Gasteiger partial charge on any atom is -0.389 e. The van der Waals surface area contributed by atoms with Gasteiger partial charge in [0.25, 0.3) is 0 Å². The van der Waals surface area contributed by atoms with Crippen molar-refractivity contribution in [2.75, 3.05) is 5.32 Å². The zero-order valence-electron chi connectivity index (χ0n) is 15.4. The van der Waals surface area contributed by atoms with Crippen LogP contribution < -0.4 is 5.32 Å². The van der Waals surface area contributed by atoms with Crippen LogP contribution in [0.15, 0.2) is 66.7 Å². The lowest BCUT2D eigenvalue weighted by Crippen LogP contribution is -2.34. The van der Waals surface area contributed by atoms with Crippen molar-refractivity contribution < 1.29 is 5.11 Å². The summed E-state index contributed by atoms with van der Waals surface area (Å²) in [5.41, 5.74) is 3.10. The topological polar surface area (TPSA) is 58.0 Å². The minimum absolute atomic E-state index is 0.567. The Balaban J connectivity index is 1.68. The lowest BCUT2D eigenvalue weighted by Gasteiger charge is -2.31. The van der Waals surface area contributed by atoms with Crippen LogP contribution in [-0.2, 0) is 6.42 Å². The minimum atomic E-state index is -0.648. The van der Waals surface area contributed by atoms with E-state index in [-0.39, 0.29) is 0 Å². The largest absolute Gasteiger partial charge is 0.389 e. The molecule has 0 bridgehead atoms. The van der Waals surface area contributed by atoms with E-state index in [4.69, 9.17) is 9.97 Å². The first-order chi connectivity index (χ1) is 13.2. The summed E-state index contributed by atoms with van der Waals surface area (Å²) in [5.74, 6) is 0.567. The van der Waals surface area contributed by atoms with Crippen molar-refractivity contribution >= 4 is 11.6 Å². The Kier molecular flexibility index (Phi) is 5.16. The quantitative estimate of drug-likeness (QED) is 0.663. The van der Waals surface area contributed by atoms with Gasteiger partial charge in [0, 0.05) is 23.4 Å². The first-order valence-corrected chi connectivity index (χ1v) is 9.68. The van der Waals surface area contributed by atoms with Gasteiger partial charge >= 0.3 is 0 Å². The van der Waals surface area contributed by atoms with Gasteiger partial charge in [-0.25, -0.2) is 9.97 Å². The number of hydrogen-bond donors (Lipinski definition) is 2. The smallest absolute Gasteiger partial charge is 0.227 e. The number of hydrogen-bond acceptors (Lipinski definition) is 4. The summed E-state index contributed by atoms with van der Waals surface area (Å²) in [5, 5.41) is 14.3. The highest BCUT2D eigenvalue weighted by Crippen LogP contribution is 2.32. The molecule has 3 aromatic rings. The highest BCUT2D eigenvalue weighted by atomic mass is 16.3. The summed E-state index contributed by atoms with van der Waals surface area (Å²) >= 11 is 0. The molecule has 0 aliphatic heterocycles. The molecule has 0 radical (unpaired) electrons. The molecule has 4 rings (SSSR count). The fraction of sp³-hybridized carbons (Fsp3) is 0.304. The number of para-hydroxylation sites is 1. The summed E-state index contributed by atoms with van der Waals surface area (Å²) in [4.78, 5) is 9.42. The molecule has 4 nitrogen and oxygen atoms in total. The Bertz CT molecular complexity index is 875. The van der Waals surface area contributed by atoms with Crippen LogP contribution >= 0.6 is 0 Å². The monoisotopic (exact) mass is 359 g/mol. The fourth-order valence-electron chi connectivity index (χ4n) is 3.78. The predicted octanol–water partition coefficient (Wildman–Crippen LogP) is 5.12. The van der Waals surface area contributed by atoms with Gasteiger partial charge in [0.1, 0.15) is 0 Å². The molecule has 1 aliphatic rings. The third-order valence-electron chi connectivity index (χ3n) is 5.17. The molecule has 1 aliphatic carbocycles. The van der Waals surface area contributed by atoms with Gasteiger partial charge in [0.2, 0.25) is 5.95 Å². The van der Waals surface area contributed by atoms with E-state index >= 15 is 0 Å². The van der Waals surface area contributed by atoms with Crippen molar-refractivity contribution in [2.24, 2.45) is 0 Å². The summed E-state index contributed by atoms with van der Waals surface area (Å²) in [6, 6.07) is 22.1. The zero-order valence-corrected chi connectivity index (χ0v) is 15.4. The SMILES string of the molecule is OC1(Cc2cc(-c3ccccc3)nc(Nc3ccccc3)n2)CCCCC1. The van der Waals surface area contributed by atoms with Crippen LogP contribution in [0.4, 0.5) is 11.6 Å². The molecule has 2 aromatic carbocycles. The van der Waals surface area contributed by atoms with Gasteiger partial charge in [-0.15, -0.1) is 0 Å². The lowest BCUT2D eigenvalue weighted by atomic mass is 9.81. The number of nitrogens with zero attached hydrogens (tertiary/aromatic N) is 2. The van der Waals surface area contributed by atoms with Crippen molar-refractivity contribution in [3.05, 3.63) is 72.4 Å². The second kappa shape index (κ2) is 7.89. The van der Waals surface area contributed by atoms with Crippen LogP contribution in [-0.4, -0.2) is 20.7 Å². The Morgan fingerprint density at radius 2 is 1.52 bits per heavy atom. The standard InChI is InChI=1S/C23H25N3O/c27-23(14-8-3-9-15-23)17-20-16-21(18-10-4-1-5-11-18)26-22(25-20)24-19-12-6-2-7-13-19/h1-2,4-7,10-13,16,27H,3,8-9,14-15,17H2,(H,24,25,26). The maximum atomic E-state index is 11.0. The normalized spacial score (nSPS) is 16.0. The van der Waals surface area contributed by atoms with Gasteiger partial charge in [-0.3, -0.25) is 0 Å². The second-order valence-corrected chi connectivity index (χ2v) is 7.39. The maximum Gasteiger partial charge on any atom is 0.227 e. The average Bonchev–Trinajstić information content (AvgIpc) is 2.69. The highest BCUT2D eigenvalue weighted by Gasteiger charge is 2.30. The van der Waals surface area contributed by atoms with Crippen molar-refractivity contribution in [1.82, 2.24) is 9.97 Å². The van der Waals surface area contributed by atoms with Crippen LogP contribution in [0.5, 0.6) is 0 Å². The summed E-state index contributed by atoms with van der Waals surface area (Å²) in [7, 11) is 0. The molecule has 1 saturated carbocycles.